The summed E-state index contributed by atoms with van der Waals surface area (Å²) in [5.74, 6) is -0.388. The molecule has 0 fully saturated rings. The van der Waals surface area contributed by atoms with Crippen LogP contribution in [0.15, 0.2) is 33.9 Å². The Bertz CT molecular complexity index is 698. The molecule has 0 unspecified atom stereocenters. The van der Waals surface area contributed by atoms with Crippen molar-refractivity contribution >= 4 is 9.84 Å². The predicted molar refractivity (Wildman–Crippen MR) is 76.9 cm³/mol. The summed E-state index contributed by atoms with van der Waals surface area (Å²) < 4.78 is 42.4. The van der Waals surface area contributed by atoms with E-state index in [1.54, 1.807) is 0 Å². The van der Waals surface area contributed by atoms with Crippen LogP contribution in [0.4, 0.5) is 4.39 Å². The van der Waals surface area contributed by atoms with Gasteiger partial charge >= 0.3 is 5.22 Å². The molecule has 0 aliphatic rings. The predicted octanol–water partition coefficient (Wildman–Crippen LogP) is 1.14. The molecule has 0 radical (unpaired) electrons. The molecule has 0 amide bonds. The lowest BCUT2D eigenvalue weighted by Gasteiger charge is -2.00. The summed E-state index contributed by atoms with van der Waals surface area (Å²) in [5, 5.41) is 6.99. The summed E-state index contributed by atoms with van der Waals surface area (Å²) in [5.41, 5.74) is 4.23. The second-order valence-corrected chi connectivity index (χ2v) is 6.88. The Morgan fingerprint density at radius 2 is 1.82 bits per heavy atom. The largest absolute Gasteiger partial charge is 0.413 e. The first-order valence-corrected chi connectivity index (χ1v) is 8.75. The standard InChI is InChI=1S/C14H18FN3O3S/c15-12-7-5-11(6-8-12)10-22(19,20)14-18-17-13(21-14)4-2-1-3-9-16/h5-8H,1-4,9-10,16H2/p+1. The number of hydrogen-bond acceptors (Lipinski definition) is 5. The van der Waals surface area contributed by atoms with Crippen LogP contribution >= 0.6 is 0 Å². The van der Waals surface area contributed by atoms with Crippen LogP contribution in [0.25, 0.3) is 0 Å². The highest BCUT2D eigenvalue weighted by molar-refractivity contribution is 7.90. The minimum Gasteiger partial charge on any atom is -0.413 e. The summed E-state index contributed by atoms with van der Waals surface area (Å²) in [6, 6.07) is 5.27. The minimum absolute atomic E-state index is 0.295. The van der Waals surface area contributed by atoms with Crippen LogP contribution in [-0.4, -0.2) is 25.2 Å². The highest BCUT2D eigenvalue weighted by Crippen LogP contribution is 2.16. The molecule has 8 heteroatoms. The van der Waals surface area contributed by atoms with E-state index < -0.39 is 15.7 Å². The van der Waals surface area contributed by atoms with Crippen LogP contribution in [0, 0.1) is 5.82 Å². The highest BCUT2D eigenvalue weighted by Gasteiger charge is 2.23. The maximum absolute atomic E-state index is 12.8. The number of benzene rings is 1. The number of aryl methyl sites for hydroxylation is 1. The van der Waals surface area contributed by atoms with Gasteiger partial charge in [-0.15, -0.1) is 5.10 Å². The molecule has 0 bridgehead atoms. The summed E-state index contributed by atoms with van der Waals surface area (Å²) in [4.78, 5) is 0. The molecule has 22 heavy (non-hydrogen) atoms. The van der Waals surface area contributed by atoms with E-state index in [-0.39, 0.29) is 11.0 Å². The SMILES string of the molecule is [NH3+]CCCCCc1nnc(S(=O)(=O)Cc2ccc(F)cc2)o1. The van der Waals surface area contributed by atoms with E-state index in [1.807, 2.05) is 0 Å². The van der Waals surface area contributed by atoms with Crippen molar-refractivity contribution in [3.05, 3.63) is 41.5 Å². The zero-order valence-electron chi connectivity index (χ0n) is 12.2. The third kappa shape index (κ3) is 4.60. The first-order chi connectivity index (χ1) is 10.5. The van der Waals surface area contributed by atoms with Crippen molar-refractivity contribution in [2.75, 3.05) is 6.54 Å². The molecule has 1 heterocycles. The average molecular weight is 328 g/mol. The second kappa shape index (κ2) is 7.46. The van der Waals surface area contributed by atoms with Gasteiger partial charge in [0, 0.05) is 6.42 Å². The van der Waals surface area contributed by atoms with Gasteiger partial charge in [-0.25, -0.2) is 12.8 Å². The van der Waals surface area contributed by atoms with Crippen molar-refractivity contribution in [2.24, 2.45) is 0 Å². The van der Waals surface area contributed by atoms with Gasteiger partial charge in [-0.3, -0.25) is 0 Å². The molecular weight excluding hydrogens is 309 g/mol. The smallest absolute Gasteiger partial charge is 0.335 e. The molecule has 120 valence electrons. The Hall–Kier alpha value is -1.80. The second-order valence-electron chi connectivity index (χ2n) is 5.01. The van der Waals surface area contributed by atoms with Gasteiger partial charge in [0.25, 0.3) is 0 Å². The zero-order chi connectivity index (χ0) is 16.0. The van der Waals surface area contributed by atoms with Gasteiger partial charge in [-0.05, 0) is 37.0 Å². The maximum Gasteiger partial charge on any atom is 0.335 e. The molecule has 1 aromatic heterocycles. The Labute approximate surface area is 128 Å². The number of unbranched alkanes of at least 4 members (excludes halogenated alkanes) is 2. The third-order valence-electron chi connectivity index (χ3n) is 3.12. The molecule has 3 N–H and O–H groups in total. The van der Waals surface area contributed by atoms with Gasteiger partial charge in [0.1, 0.15) is 5.82 Å². The summed E-state index contributed by atoms with van der Waals surface area (Å²) in [6.07, 6.45) is 3.42. The van der Waals surface area contributed by atoms with E-state index in [4.69, 9.17) is 4.42 Å². The molecule has 0 aliphatic carbocycles. The molecule has 2 rings (SSSR count). The summed E-state index contributed by atoms with van der Waals surface area (Å²) in [6.45, 7) is 0.876. The van der Waals surface area contributed by atoms with Gasteiger partial charge < -0.3 is 10.2 Å². The summed E-state index contributed by atoms with van der Waals surface area (Å²) >= 11 is 0. The highest BCUT2D eigenvalue weighted by atomic mass is 32.2. The fourth-order valence-corrected chi connectivity index (χ4v) is 3.10. The Balaban J connectivity index is 2.00. The van der Waals surface area contributed by atoms with E-state index >= 15 is 0 Å². The molecule has 0 saturated carbocycles. The Morgan fingerprint density at radius 1 is 1.09 bits per heavy atom. The van der Waals surface area contributed by atoms with Crippen LogP contribution in [0.1, 0.15) is 30.7 Å². The quantitative estimate of drug-likeness (QED) is 0.732. The lowest BCUT2D eigenvalue weighted by Crippen LogP contribution is -2.50. The topological polar surface area (TPSA) is 101 Å². The number of rotatable bonds is 8. The number of quaternary nitrogens is 1. The molecule has 0 spiro atoms. The van der Waals surface area contributed by atoms with Crippen molar-refractivity contribution in [1.82, 2.24) is 10.2 Å². The fraction of sp³-hybridized carbons (Fsp3) is 0.429. The van der Waals surface area contributed by atoms with Gasteiger partial charge in [-0.2, -0.15) is 0 Å². The first kappa shape index (κ1) is 16.6. The molecule has 0 aliphatic heterocycles. The fourth-order valence-electron chi connectivity index (χ4n) is 1.96. The van der Waals surface area contributed by atoms with Crippen molar-refractivity contribution < 1.29 is 23.0 Å². The minimum atomic E-state index is -3.71. The summed E-state index contributed by atoms with van der Waals surface area (Å²) in [7, 11) is -3.71. The number of sulfone groups is 1. The van der Waals surface area contributed by atoms with Crippen LogP contribution in [0.5, 0.6) is 0 Å². The lowest BCUT2D eigenvalue weighted by molar-refractivity contribution is -0.368. The number of aromatic nitrogens is 2. The third-order valence-corrected chi connectivity index (χ3v) is 4.54. The van der Waals surface area contributed by atoms with E-state index in [1.165, 1.54) is 24.3 Å². The monoisotopic (exact) mass is 328 g/mol. The van der Waals surface area contributed by atoms with Crippen molar-refractivity contribution in [3.63, 3.8) is 0 Å². The zero-order valence-corrected chi connectivity index (χ0v) is 13.0. The molecule has 6 nitrogen and oxygen atoms in total. The van der Waals surface area contributed by atoms with Crippen LogP contribution in [-0.2, 0) is 22.0 Å². The number of halogens is 1. The molecule has 0 atom stereocenters. The van der Waals surface area contributed by atoms with Crippen molar-refractivity contribution in [1.29, 1.82) is 0 Å². The average Bonchev–Trinajstić information content (AvgIpc) is 2.96. The Morgan fingerprint density at radius 3 is 2.50 bits per heavy atom. The van der Waals surface area contributed by atoms with Crippen LogP contribution < -0.4 is 5.73 Å². The Kier molecular flexibility index (Phi) is 5.62. The molecule has 2 aromatic rings. The van der Waals surface area contributed by atoms with Crippen molar-refractivity contribution in [2.45, 2.75) is 36.7 Å². The molecule has 0 saturated heterocycles. The van der Waals surface area contributed by atoms with Crippen molar-refractivity contribution in [3.8, 4) is 0 Å². The van der Waals surface area contributed by atoms with Gasteiger partial charge in [0.2, 0.25) is 15.7 Å². The van der Waals surface area contributed by atoms with Gasteiger partial charge in [-0.1, -0.05) is 17.2 Å². The van der Waals surface area contributed by atoms with Crippen LogP contribution in [0.3, 0.4) is 0 Å². The van der Waals surface area contributed by atoms with E-state index in [9.17, 15) is 12.8 Å². The van der Waals surface area contributed by atoms with E-state index in [0.717, 1.165) is 25.8 Å². The van der Waals surface area contributed by atoms with Crippen LogP contribution in [0.2, 0.25) is 0 Å². The first-order valence-electron chi connectivity index (χ1n) is 7.10. The normalized spacial score (nSPS) is 11.7. The number of nitrogens with zero attached hydrogens (tertiary/aromatic N) is 2. The number of hydrogen-bond donors (Lipinski definition) is 1. The van der Waals surface area contributed by atoms with E-state index in [2.05, 4.69) is 15.9 Å². The lowest BCUT2D eigenvalue weighted by atomic mass is 10.2. The molecule has 1 aromatic carbocycles. The van der Waals surface area contributed by atoms with Gasteiger partial charge in [0.05, 0.1) is 12.3 Å². The van der Waals surface area contributed by atoms with Gasteiger partial charge in [0.15, 0.2) is 0 Å². The van der Waals surface area contributed by atoms with E-state index in [0.29, 0.717) is 17.9 Å². The maximum atomic E-state index is 12.8. The molecular formula is C14H19FN3O3S+.